The van der Waals surface area contributed by atoms with Gasteiger partial charge in [0.2, 0.25) is 10.0 Å². The van der Waals surface area contributed by atoms with Crippen molar-refractivity contribution in [1.29, 1.82) is 0 Å². The van der Waals surface area contributed by atoms with Gasteiger partial charge in [-0.05, 0) is 23.6 Å². The Labute approximate surface area is 132 Å². The highest BCUT2D eigenvalue weighted by Gasteiger charge is 2.22. The second-order valence-corrected chi connectivity index (χ2v) is 7.71. The average Bonchev–Trinajstić information content (AvgIpc) is 2.97. The lowest BCUT2D eigenvalue weighted by Crippen LogP contribution is -2.24. The summed E-state index contributed by atoms with van der Waals surface area (Å²) in [6, 6.07) is 4.17. The van der Waals surface area contributed by atoms with E-state index in [0.29, 0.717) is 5.56 Å². The van der Waals surface area contributed by atoms with E-state index >= 15 is 0 Å². The summed E-state index contributed by atoms with van der Waals surface area (Å²) in [7, 11) is -3.80. The zero-order valence-electron chi connectivity index (χ0n) is 12.1. The lowest BCUT2D eigenvalue weighted by atomic mass is 10.0. The average molecular weight is 340 g/mol. The fraction of sp³-hybridized carbons (Fsp3) is 0.286. The second-order valence-electron chi connectivity index (χ2n) is 5.00. The molecule has 22 heavy (non-hydrogen) atoms. The van der Waals surface area contributed by atoms with E-state index in [0.717, 1.165) is 4.88 Å². The Morgan fingerprint density at radius 1 is 1.41 bits per heavy atom. The molecular weight excluding hydrogens is 324 g/mol. The number of thiazole rings is 1. The molecule has 8 heteroatoms. The third-order valence-electron chi connectivity index (χ3n) is 3.09. The van der Waals surface area contributed by atoms with Gasteiger partial charge in [-0.25, -0.2) is 17.9 Å². The number of hydrogen-bond donors (Lipinski definition) is 2. The number of aromatic nitrogens is 1. The molecule has 0 saturated heterocycles. The van der Waals surface area contributed by atoms with E-state index in [2.05, 4.69) is 9.71 Å². The number of carbonyl (C=O) groups is 1. The number of carboxylic acids is 1. The fourth-order valence-corrected chi connectivity index (χ4v) is 3.97. The second kappa shape index (κ2) is 6.55. The number of rotatable bonds is 6. The van der Waals surface area contributed by atoms with Crippen LogP contribution in [0.5, 0.6) is 0 Å². The van der Waals surface area contributed by atoms with E-state index in [1.807, 2.05) is 13.8 Å². The van der Waals surface area contributed by atoms with Crippen molar-refractivity contribution in [3.05, 3.63) is 45.9 Å². The molecule has 1 heterocycles. The minimum Gasteiger partial charge on any atom is -0.478 e. The zero-order valence-corrected chi connectivity index (χ0v) is 13.7. The van der Waals surface area contributed by atoms with Gasteiger partial charge in [0.1, 0.15) is 0 Å². The lowest BCUT2D eigenvalue weighted by Gasteiger charge is -2.14. The lowest BCUT2D eigenvalue weighted by molar-refractivity contribution is 0.0696. The SMILES string of the molecule is CC(C)c1ccc(C(=O)O)cc1S(=O)(=O)NCc1cncs1. The van der Waals surface area contributed by atoms with Crippen LogP contribution in [-0.4, -0.2) is 24.5 Å². The number of sulfonamides is 1. The summed E-state index contributed by atoms with van der Waals surface area (Å²) in [4.78, 5) is 15.8. The summed E-state index contributed by atoms with van der Waals surface area (Å²) in [5.41, 5.74) is 2.15. The van der Waals surface area contributed by atoms with Crippen LogP contribution in [0.25, 0.3) is 0 Å². The van der Waals surface area contributed by atoms with Gasteiger partial charge in [-0.3, -0.25) is 4.98 Å². The van der Waals surface area contributed by atoms with Crippen LogP contribution < -0.4 is 4.72 Å². The van der Waals surface area contributed by atoms with Crippen LogP contribution in [0.1, 0.15) is 40.6 Å². The molecule has 118 valence electrons. The van der Waals surface area contributed by atoms with Gasteiger partial charge in [0, 0.05) is 17.6 Å². The highest BCUT2D eigenvalue weighted by Crippen LogP contribution is 2.25. The standard InChI is InChI=1S/C14H16N2O4S2/c1-9(2)12-4-3-10(14(17)18)5-13(12)22(19,20)16-7-11-6-15-8-21-11/h3-6,8-9,16H,7H2,1-2H3,(H,17,18). The highest BCUT2D eigenvalue weighted by atomic mass is 32.2. The van der Waals surface area contributed by atoms with Crippen molar-refractivity contribution in [2.75, 3.05) is 0 Å². The molecule has 2 N–H and O–H groups in total. The Morgan fingerprint density at radius 3 is 2.68 bits per heavy atom. The number of benzene rings is 1. The predicted octanol–water partition coefficient (Wildman–Crippen LogP) is 2.44. The van der Waals surface area contributed by atoms with Crippen molar-refractivity contribution in [3.8, 4) is 0 Å². The van der Waals surface area contributed by atoms with E-state index in [9.17, 15) is 13.2 Å². The molecule has 0 amide bonds. The van der Waals surface area contributed by atoms with Crippen LogP contribution in [0.2, 0.25) is 0 Å². The van der Waals surface area contributed by atoms with Crippen molar-refractivity contribution < 1.29 is 18.3 Å². The van der Waals surface area contributed by atoms with E-state index in [1.165, 1.54) is 23.5 Å². The van der Waals surface area contributed by atoms with Crippen molar-refractivity contribution in [2.45, 2.75) is 31.2 Å². The van der Waals surface area contributed by atoms with Crippen LogP contribution >= 0.6 is 11.3 Å². The smallest absolute Gasteiger partial charge is 0.335 e. The molecule has 0 radical (unpaired) electrons. The van der Waals surface area contributed by atoms with Crippen LogP contribution in [0.3, 0.4) is 0 Å². The molecule has 0 spiro atoms. The predicted molar refractivity (Wildman–Crippen MR) is 83.6 cm³/mol. The van der Waals surface area contributed by atoms with Gasteiger partial charge in [0.15, 0.2) is 0 Å². The Morgan fingerprint density at radius 2 is 2.14 bits per heavy atom. The first kappa shape index (κ1) is 16.6. The van der Waals surface area contributed by atoms with Gasteiger partial charge >= 0.3 is 5.97 Å². The topological polar surface area (TPSA) is 96.4 Å². The first-order valence-corrected chi connectivity index (χ1v) is 8.92. The first-order valence-electron chi connectivity index (χ1n) is 6.55. The van der Waals surface area contributed by atoms with Crippen molar-refractivity contribution in [1.82, 2.24) is 9.71 Å². The number of nitrogens with zero attached hydrogens (tertiary/aromatic N) is 1. The van der Waals surface area contributed by atoms with Gasteiger partial charge in [-0.15, -0.1) is 11.3 Å². The van der Waals surface area contributed by atoms with Crippen LogP contribution in [0.15, 0.2) is 34.8 Å². The van der Waals surface area contributed by atoms with Crippen LogP contribution in [0, 0.1) is 0 Å². The Balaban J connectivity index is 2.38. The first-order chi connectivity index (χ1) is 10.3. The number of nitrogens with one attached hydrogen (secondary N) is 1. The number of hydrogen-bond acceptors (Lipinski definition) is 5. The zero-order chi connectivity index (χ0) is 16.3. The van der Waals surface area contributed by atoms with Gasteiger partial charge in [0.25, 0.3) is 0 Å². The molecule has 1 aromatic heterocycles. The van der Waals surface area contributed by atoms with Crippen molar-refractivity contribution in [2.24, 2.45) is 0 Å². The highest BCUT2D eigenvalue weighted by molar-refractivity contribution is 7.89. The minimum atomic E-state index is -3.80. The summed E-state index contributed by atoms with van der Waals surface area (Å²) < 4.78 is 27.5. The largest absolute Gasteiger partial charge is 0.478 e. The Bertz CT molecular complexity index is 768. The van der Waals surface area contributed by atoms with Gasteiger partial charge < -0.3 is 5.11 Å². The Hall–Kier alpha value is -1.77. The monoisotopic (exact) mass is 340 g/mol. The molecule has 0 aliphatic carbocycles. The third-order valence-corrected chi connectivity index (χ3v) is 5.33. The maximum Gasteiger partial charge on any atom is 0.335 e. The van der Waals surface area contributed by atoms with E-state index in [-0.39, 0.29) is 22.9 Å². The molecule has 2 rings (SSSR count). The molecule has 2 aromatic rings. The minimum absolute atomic E-state index is 0.00640. The molecule has 0 aliphatic rings. The molecule has 0 bridgehead atoms. The summed E-state index contributed by atoms with van der Waals surface area (Å²) in [6.45, 7) is 3.85. The van der Waals surface area contributed by atoms with Gasteiger partial charge in [0.05, 0.1) is 16.0 Å². The number of aromatic carboxylic acids is 1. The van der Waals surface area contributed by atoms with E-state index in [1.54, 1.807) is 17.8 Å². The quantitative estimate of drug-likeness (QED) is 0.842. The molecule has 6 nitrogen and oxygen atoms in total. The fourth-order valence-electron chi connectivity index (χ4n) is 1.95. The van der Waals surface area contributed by atoms with Crippen molar-refractivity contribution in [3.63, 3.8) is 0 Å². The summed E-state index contributed by atoms with van der Waals surface area (Å²) >= 11 is 1.35. The van der Waals surface area contributed by atoms with Gasteiger partial charge in [-0.2, -0.15) is 0 Å². The van der Waals surface area contributed by atoms with Crippen LogP contribution in [-0.2, 0) is 16.6 Å². The molecule has 0 aliphatic heterocycles. The summed E-state index contributed by atoms with van der Waals surface area (Å²) in [5, 5.41) is 9.06. The molecule has 0 unspecified atom stereocenters. The van der Waals surface area contributed by atoms with Crippen LogP contribution in [0.4, 0.5) is 0 Å². The summed E-state index contributed by atoms with van der Waals surface area (Å²) in [5.74, 6) is -1.20. The normalized spacial score (nSPS) is 11.8. The molecule has 0 fully saturated rings. The van der Waals surface area contributed by atoms with E-state index < -0.39 is 16.0 Å². The number of carboxylic acid groups (broad SMARTS) is 1. The van der Waals surface area contributed by atoms with Crippen molar-refractivity contribution >= 4 is 27.3 Å². The maximum absolute atomic E-state index is 12.5. The molecular formula is C14H16N2O4S2. The molecule has 0 saturated carbocycles. The van der Waals surface area contributed by atoms with E-state index in [4.69, 9.17) is 5.11 Å². The van der Waals surface area contributed by atoms with Gasteiger partial charge in [-0.1, -0.05) is 19.9 Å². The molecule has 1 aromatic carbocycles. The Kier molecular flexibility index (Phi) is 4.94. The molecule has 0 atom stereocenters. The third kappa shape index (κ3) is 3.70. The summed E-state index contributed by atoms with van der Waals surface area (Å²) in [6.07, 6.45) is 1.59. The maximum atomic E-state index is 12.5.